The molecule has 0 unspecified atom stereocenters. The Balaban J connectivity index is 0.00000364. The molecule has 3 N–H and O–H groups in total. The van der Waals surface area contributed by atoms with Crippen LogP contribution in [0.15, 0.2) is 23.2 Å². The molecule has 0 aromatic heterocycles. The largest absolute Gasteiger partial charge is 0.356 e. The lowest BCUT2D eigenvalue weighted by Crippen LogP contribution is -2.42. The third-order valence-electron chi connectivity index (χ3n) is 4.69. The van der Waals surface area contributed by atoms with Crippen molar-refractivity contribution in [3.63, 3.8) is 0 Å². The second-order valence-corrected chi connectivity index (χ2v) is 8.64. The Bertz CT molecular complexity index is 724. The predicted octanol–water partition coefficient (Wildman–Crippen LogP) is 2.18. The highest BCUT2D eigenvalue weighted by Gasteiger charge is 2.20. The van der Waals surface area contributed by atoms with E-state index >= 15 is 0 Å². The minimum Gasteiger partial charge on any atom is -0.356 e. The molecule has 0 bridgehead atoms. The van der Waals surface area contributed by atoms with Gasteiger partial charge in [-0.05, 0) is 55.4 Å². The zero-order valence-corrected chi connectivity index (χ0v) is 19.1. The van der Waals surface area contributed by atoms with E-state index < -0.39 is 10.0 Å². The Morgan fingerprint density at radius 3 is 2.56 bits per heavy atom. The zero-order chi connectivity index (χ0) is 19.0. The van der Waals surface area contributed by atoms with Crippen LogP contribution in [0, 0.1) is 18.7 Å². The molecule has 0 aliphatic heterocycles. The molecule has 0 amide bonds. The Morgan fingerprint density at radius 1 is 1.26 bits per heavy atom. The second-order valence-electron chi connectivity index (χ2n) is 6.71. The van der Waals surface area contributed by atoms with E-state index in [1.165, 1.54) is 18.6 Å². The molecule has 1 aromatic carbocycles. The highest BCUT2D eigenvalue weighted by atomic mass is 127. The number of nitrogens with one attached hydrogen (secondary N) is 3. The third kappa shape index (κ3) is 8.73. The molecule has 0 saturated heterocycles. The summed E-state index contributed by atoms with van der Waals surface area (Å²) in [5.74, 6) is 0.835. The number of nitrogens with zero attached hydrogens (tertiary/aromatic N) is 1. The van der Waals surface area contributed by atoms with Crippen LogP contribution in [0.1, 0.15) is 30.4 Å². The van der Waals surface area contributed by atoms with Gasteiger partial charge in [-0.3, -0.25) is 4.99 Å². The van der Waals surface area contributed by atoms with Crippen LogP contribution in [-0.4, -0.2) is 46.8 Å². The van der Waals surface area contributed by atoms with Crippen LogP contribution in [0.25, 0.3) is 0 Å². The fourth-order valence-corrected chi connectivity index (χ4v) is 3.80. The van der Waals surface area contributed by atoms with E-state index in [1.54, 1.807) is 13.1 Å². The average molecular weight is 512 g/mol. The van der Waals surface area contributed by atoms with Crippen molar-refractivity contribution in [1.82, 2.24) is 15.4 Å². The van der Waals surface area contributed by atoms with Gasteiger partial charge in [0.2, 0.25) is 10.0 Å². The van der Waals surface area contributed by atoms with E-state index in [0.29, 0.717) is 25.0 Å². The van der Waals surface area contributed by atoms with Gasteiger partial charge in [-0.2, -0.15) is 0 Å². The number of rotatable bonds is 9. The van der Waals surface area contributed by atoms with E-state index in [9.17, 15) is 12.8 Å². The molecule has 154 valence electrons. The molecule has 0 spiro atoms. The van der Waals surface area contributed by atoms with E-state index in [1.807, 2.05) is 6.92 Å². The standard InChI is InChI=1S/C18H29FN4O2S.HI/c1-14-12-17(19)7-6-16(14)8-9-21-18(20-2)22-10-11-26(24,25)23-13-15-4-3-5-15;/h6-7,12,15,23H,3-5,8-11,13H2,1-2H3,(H2,20,21,22);1H. The summed E-state index contributed by atoms with van der Waals surface area (Å²) in [6, 6.07) is 4.75. The quantitative estimate of drug-likeness (QED) is 0.269. The summed E-state index contributed by atoms with van der Waals surface area (Å²) < 4.78 is 39.7. The van der Waals surface area contributed by atoms with Crippen molar-refractivity contribution < 1.29 is 12.8 Å². The number of sulfonamides is 1. The molecule has 0 atom stereocenters. The highest BCUT2D eigenvalue weighted by Crippen LogP contribution is 2.25. The highest BCUT2D eigenvalue weighted by molar-refractivity contribution is 14.0. The van der Waals surface area contributed by atoms with Gasteiger partial charge < -0.3 is 10.6 Å². The maximum atomic E-state index is 13.1. The molecule has 6 nitrogen and oxygen atoms in total. The van der Waals surface area contributed by atoms with Gasteiger partial charge in [-0.15, -0.1) is 24.0 Å². The molecule has 1 aliphatic rings. The smallest absolute Gasteiger partial charge is 0.213 e. The molecule has 0 heterocycles. The topological polar surface area (TPSA) is 82.6 Å². The first-order valence-corrected chi connectivity index (χ1v) is 10.7. The lowest BCUT2D eigenvalue weighted by atomic mass is 9.86. The Morgan fingerprint density at radius 2 is 1.96 bits per heavy atom. The van der Waals surface area contributed by atoms with Crippen molar-refractivity contribution in [3.05, 3.63) is 35.1 Å². The molecule has 1 aliphatic carbocycles. The van der Waals surface area contributed by atoms with Crippen LogP contribution in [0.2, 0.25) is 0 Å². The molecule has 2 rings (SSSR count). The van der Waals surface area contributed by atoms with Crippen LogP contribution < -0.4 is 15.4 Å². The Hall–Kier alpha value is -0.940. The summed E-state index contributed by atoms with van der Waals surface area (Å²) in [4.78, 5) is 4.09. The lowest BCUT2D eigenvalue weighted by molar-refractivity contribution is 0.316. The van der Waals surface area contributed by atoms with Crippen molar-refractivity contribution in [3.8, 4) is 0 Å². The second kappa shape index (κ2) is 11.8. The monoisotopic (exact) mass is 512 g/mol. The van der Waals surface area contributed by atoms with Crippen molar-refractivity contribution in [2.75, 3.05) is 32.4 Å². The third-order valence-corrected chi connectivity index (χ3v) is 6.04. The molecule has 9 heteroatoms. The first-order valence-electron chi connectivity index (χ1n) is 9.06. The van der Waals surface area contributed by atoms with Gasteiger partial charge in [0.25, 0.3) is 0 Å². The summed E-state index contributed by atoms with van der Waals surface area (Å²) in [5, 5.41) is 6.16. The molecule has 1 saturated carbocycles. The molecule has 1 aromatic rings. The summed E-state index contributed by atoms with van der Waals surface area (Å²) in [5.41, 5.74) is 1.98. The number of aryl methyl sites for hydroxylation is 1. The van der Waals surface area contributed by atoms with Gasteiger partial charge in [0.15, 0.2) is 5.96 Å². The normalized spacial score (nSPS) is 15.0. The summed E-state index contributed by atoms with van der Waals surface area (Å²) in [6.07, 6.45) is 4.16. The summed E-state index contributed by atoms with van der Waals surface area (Å²) in [6.45, 7) is 3.34. The summed E-state index contributed by atoms with van der Waals surface area (Å²) in [7, 11) is -1.62. The number of hydrogen-bond acceptors (Lipinski definition) is 3. The fraction of sp³-hybridized carbons (Fsp3) is 0.611. The Labute approximate surface area is 178 Å². The number of hydrogen-bond donors (Lipinski definition) is 3. The first-order chi connectivity index (χ1) is 12.4. The van der Waals surface area contributed by atoms with Crippen molar-refractivity contribution in [2.45, 2.75) is 32.6 Å². The number of aliphatic imine (C=N–C) groups is 1. The van der Waals surface area contributed by atoms with Crippen LogP contribution in [0.3, 0.4) is 0 Å². The van der Waals surface area contributed by atoms with Crippen molar-refractivity contribution >= 4 is 40.0 Å². The van der Waals surface area contributed by atoms with Crippen LogP contribution in [0.4, 0.5) is 4.39 Å². The fourth-order valence-electron chi connectivity index (χ4n) is 2.79. The number of guanidine groups is 1. The van der Waals surface area contributed by atoms with Gasteiger partial charge in [0.05, 0.1) is 5.75 Å². The SMILES string of the molecule is CN=C(NCCc1ccc(F)cc1C)NCCS(=O)(=O)NCC1CCC1.I. The minimum absolute atomic E-state index is 0. The van der Waals surface area contributed by atoms with Crippen molar-refractivity contribution in [2.24, 2.45) is 10.9 Å². The molecule has 27 heavy (non-hydrogen) atoms. The first kappa shape index (κ1) is 24.1. The number of benzene rings is 1. The van der Waals surface area contributed by atoms with Gasteiger partial charge in [0.1, 0.15) is 5.82 Å². The maximum absolute atomic E-state index is 13.1. The van der Waals surface area contributed by atoms with E-state index in [4.69, 9.17) is 0 Å². The van der Waals surface area contributed by atoms with Gasteiger partial charge in [-0.1, -0.05) is 12.5 Å². The zero-order valence-electron chi connectivity index (χ0n) is 15.9. The van der Waals surface area contributed by atoms with Gasteiger partial charge in [-0.25, -0.2) is 17.5 Å². The van der Waals surface area contributed by atoms with Crippen LogP contribution in [-0.2, 0) is 16.4 Å². The maximum Gasteiger partial charge on any atom is 0.213 e. The van der Waals surface area contributed by atoms with E-state index in [0.717, 1.165) is 30.4 Å². The lowest BCUT2D eigenvalue weighted by Gasteiger charge is -2.25. The minimum atomic E-state index is -3.26. The Kier molecular flexibility index (Phi) is 10.5. The van der Waals surface area contributed by atoms with Gasteiger partial charge in [0, 0.05) is 26.7 Å². The molecular formula is C18H30FIN4O2S. The van der Waals surface area contributed by atoms with Crippen LogP contribution in [0.5, 0.6) is 0 Å². The molecule has 1 fully saturated rings. The summed E-state index contributed by atoms with van der Waals surface area (Å²) >= 11 is 0. The van der Waals surface area contributed by atoms with Crippen LogP contribution >= 0.6 is 24.0 Å². The molecular weight excluding hydrogens is 482 g/mol. The predicted molar refractivity (Wildman–Crippen MR) is 119 cm³/mol. The van der Waals surface area contributed by atoms with Gasteiger partial charge >= 0.3 is 0 Å². The average Bonchev–Trinajstić information content (AvgIpc) is 2.53. The number of halogens is 2. The van der Waals surface area contributed by atoms with Crippen molar-refractivity contribution in [1.29, 1.82) is 0 Å². The van der Waals surface area contributed by atoms with E-state index in [2.05, 4.69) is 20.3 Å². The molecule has 0 radical (unpaired) electrons. The van der Waals surface area contributed by atoms with E-state index in [-0.39, 0.29) is 42.1 Å².